The van der Waals surface area contributed by atoms with Crippen molar-refractivity contribution in [3.05, 3.63) is 0 Å². The van der Waals surface area contributed by atoms with Crippen LogP contribution < -0.4 is 0 Å². The zero-order valence-electron chi connectivity index (χ0n) is 6.85. The van der Waals surface area contributed by atoms with Crippen LogP contribution in [0.2, 0.25) is 0 Å². The van der Waals surface area contributed by atoms with Gasteiger partial charge in [-0.1, -0.05) is 0 Å². The summed E-state index contributed by atoms with van der Waals surface area (Å²) in [7, 11) is 0. The van der Waals surface area contributed by atoms with E-state index in [1.165, 1.54) is 0 Å². The van der Waals surface area contributed by atoms with E-state index in [1.54, 1.807) is 0 Å². The summed E-state index contributed by atoms with van der Waals surface area (Å²) >= 11 is -11.3. The normalized spacial score (nSPS) is 14.6. The maximum absolute atomic E-state index is 11.8. The van der Waals surface area contributed by atoms with Crippen molar-refractivity contribution >= 4 is 65.7 Å². The topological polar surface area (TPSA) is 3.24 Å². The standard InChI is InChI=1S/3CF3.N.3Sb.3H/c3*2-1(3)4;;;;;;;. The van der Waals surface area contributed by atoms with E-state index < -0.39 is 78.0 Å². The van der Waals surface area contributed by atoms with Gasteiger partial charge >= 0.3 is 117 Å². The summed E-state index contributed by atoms with van der Waals surface area (Å²) in [6.07, 6.45) is 0. The third kappa shape index (κ3) is 12.2. The summed E-state index contributed by atoms with van der Waals surface area (Å²) in [5.41, 5.74) is 0. The van der Waals surface area contributed by atoms with E-state index in [0.717, 1.165) is 0 Å². The van der Waals surface area contributed by atoms with Gasteiger partial charge < -0.3 is 0 Å². The van der Waals surface area contributed by atoms with E-state index in [0.29, 0.717) is 0 Å². The molecule has 13 heteroatoms. The summed E-state index contributed by atoms with van der Waals surface area (Å²) in [4.78, 5) is 0. The van der Waals surface area contributed by atoms with Gasteiger partial charge in [0.25, 0.3) is 0 Å². The Balaban J connectivity index is 4.53. The molecule has 0 aliphatic carbocycles. The summed E-state index contributed by atoms with van der Waals surface area (Å²) in [5, 5.41) is 0. The predicted molar refractivity (Wildman–Crippen MR) is 41.5 cm³/mol. The molecule has 0 saturated heterocycles. The van der Waals surface area contributed by atoms with Crippen molar-refractivity contribution in [3.63, 3.8) is 0 Å². The Bertz CT molecular complexity index is 179. The number of hydrogen-bond donors (Lipinski definition) is 0. The van der Waals surface area contributed by atoms with Gasteiger partial charge in [-0.25, -0.2) is 0 Å². The Morgan fingerprint density at radius 3 is 0.812 bits per heavy atom. The van der Waals surface area contributed by atoms with Crippen molar-refractivity contribution in [3.8, 4) is 0 Å². The zero-order valence-corrected chi connectivity index (χ0v) is 15.4. The SMILES string of the molecule is F[C](F)(F)[SbH][N]([SbH][C](F)(F)F)[SbH][C](F)(F)F. The van der Waals surface area contributed by atoms with Crippen LogP contribution >= 0.6 is 0 Å². The van der Waals surface area contributed by atoms with Crippen LogP contribution in [-0.2, 0) is 0 Å². The van der Waals surface area contributed by atoms with Gasteiger partial charge in [-0.05, 0) is 0 Å². The third-order valence-corrected chi connectivity index (χ3v) is 17.6. The average molecular weight is 589 g/mol. The molecule has 0 radical (unpaired) electrons. The van der Waals surface area contributed by atoms with Gasteiger partial charge in [-0.15, -0.1) is 0 Å². The predicted octanol–water partition coefficient (Wildman–Crippen LogP) is 0.902. The fraction of sp³-hybridized carbons (Fsp3) is 1.00. The minimum absolute atomic E-state index is 0.240. The Kier molecular flexibility index (Phi) is 6.99. The Hall–Kier alpha value is 1.78. The molecule has 0 aliphatic heterocycles. The molecule has 0 rings (SSSR count). The van der Waals surface area contributed by atoms with Crippen LogP contribution in [-0.4, -0.2) is 77.4 Å². The Morgan fingerprint density at radius 1 is 0.500 bits per heavy atom. The molecule has 0 aromatic carbocycles. The van der Waals surface area contributed by atoms with Crippen LogP contribution in [0.1, 0.15) is 0 Å². The number of hydrogen-bond acceptors (Lipinski definition) is 1. The molecule has 0 aromatic heterocycles. The van der Waals surface area contributed by atoms with E-state index in [2.05, 4.69) is 0 Å². The van der Waals surface area contributed by atoms with E-state index in [9.17, 15) is 39.5 Å². The van der Waals surface area contributed by atoms with Gasteiger partial charge in [-0.3, -0.25) is 0 Å². The number of nitrogens with zero attached hydrogens (tertiary/aromatic N) is 1. The van der Waals surface area contributed by atoms with E-state index in [-0.39, 0.29) is -0.623 Å². The van der Waals surface area contributed by atoms with Crippen LogP contribution in [0.5, 0.6) is 0 Å². The molecule has 0 heterocycles. The van der Waals surface area contributed by atoms with Crippen LogP contribution in [0.25, 0.3) is 0 Å². The fourth-order valence-electron chi connectivity index (χ4n) is 0.464. The molecule has 0 bridgehead atoms. The third-order valence-electron chi connectivity index (χ3n) is 0.716. The molecule has 98 valence electrons. The molecular formula is C3H3F9NSb3. The molecule has 16 heavy (non-hydrogen) atoms. The van der Waals surface area contributed by atoms with Crippen LogP contribution in [0.3, 0.4) is 0 Å². The first-order chi connectivity index (χ1) is 6.79. The van der Waals surface area contributed by atoms with Gasteiger partial charge in [-0.2, -0.15) is 0 Å². The van der Waals surface area contributed by atoms with Crippen molar-refractivity contribution in [2.75, 3.05) is 0 Å². The van der Waals surface area contributed by atoms with Gasteiger partial charge in [0.15, 0.2) is 0 Å². The van der Waals surface area contributed by atoms with Gasteiger partial charge in [0.1, 0.15) is 0 Å². The molecule has 0 amide bonds. The van der Waals surface area contributed by atoms with Crippen molar-refractivity contribution in [2.45, 2.75) is 12.4 Å². The van der Waals surface area contributed by atoms with Gasteiger partial charge in [0, 0.05) is 0 Å². The fourth-order valence-corrected chi connectivity index (χ4v) is 20.9. The first kappa shape index (κ1) is 17.8. The molecular weight excluding hydrogens is 586 g/mol. The second kappa shape index (κ2) is 6.29. The second-order valence-corrected chi connectivity index (χ2v) is 23.7. The molecule has 0 saturated carbocycles. The first-order valence-corrected chi connectivity index (χ1v) is 11.2. The van der Waals surface area contributed by atoms with Crippen LogP contribution in [0.15, 0.2) is 0 Å². The monoisotopic (exact) mass is 587 g/mol. The van der Waals surface area contributed by atoms with Crippen LogP contribution in [0.4, 0.5) is 39.5 Å². The first-order valence-electron chi connectivity index (χ1n) is 3.12. The van der Waals surface area contributed by atoms with E-state index in [1.807, 2.05) is 0 Å². The Morgan fingerprint density at radius 2 is 0.688 bits per heavy atom. The average Bonchev–Trinajstić information content (AvgIpc) is 1.70. The summed E-state index contributed by atoms with van der Waals surface area (Å²) in [6.45, 7) is 0. The summed E-state index contributed by atoms with van der Waals surface area (Å²) < 4.78 is 91.5. The molecule has 0 N–H and O–H groups in total. The van der Waals surface area contributed by atoms with Gasteiger partial charge in [0.05, 0.1) is 0 Å². The molecule has 0 unspecified atom stereocenters. The van der Waals surface area contributed by atoms with Crippen molar-refractivity contribution in [1.82, 2.24) is -0.623 Å². The van der Waals surface area contributed by atoms with Crippen LogP contribution in [0, 0.1) is 0 Å². The maximum atomic E-state index is 11.8. The molecule has 1 nitrogen and oxygen atoms in total. The molecule has 0 atom stereocenters. The molecule has 0 aromatic rings. The van der Waals surface area contributed by atoms with E-state index in [4.69, 9.17) is 0 Å². The van der Waals surface area contributed by atoms with Crippen molar-refractivity contribution in [2.24, 2.45) is 0 Å². The second-order valence-electron chi connectivity index (χ2n) is 2.16. The number of halogens is 9. The molecule has 0 fully saturated rings. The van der Waals surface area contributed by atoms with E-state index >= 15 is 0 Å². The van der Waals surface area contributed by atoms with Crippen molar-refractivity contribution in [1.29, 1.82) is 0 Å². The summed E-state index contributed by atoms with van der Waals surface area (Å²) in [5.74, 6) is 0. The van der Waals surface area contributed by atoms with Gasteiger partial charge in [0.2, 0.25) is 0 Å². The minimum atomic E-state index is -4.86. The number of alkyl halides is 9. The Labute approximate surface area is 116 Å². The quantitative estimate of drug-likeness (QED) is 0.350. The molecule has 0 spiro atoms. The molecule has 0 aliphatic rings. The summed E-state index contributed by atoms with van der Waals surface area (Å²) in [6, 6.07) is 0. The zero-order chi connectivity index (χ0) is 13.2. The number of rotatable bonds is 3. The van der Waals surface area contributed by atoms with Crippen molar-refractivity contribution < 1.29 is 39.5 Å².